The number of nitrogens with one attached hydrogen (secondary N) is 1. The van der Waals surface area contributed by atoms with E-state index in [1.54, 1.807) is 11.3 Å². The van der Waals surface area contributed by atoms with Crippen LogP contribution in [0.15, 0.2) is 18.2 Å². The number of nitrogens with zero attached hydrogens (tertiary/aromatic N) is 3. The maximum Gasteiger partial charge on any atom is 0.223 e. The summed E-state index contributed by atoms with van der Waals surface area (Å²) in [5, 5.41) is 4.21. The van der Waals surface area contributed by atoms with Gasteiger partial charge in [0.25, 0.3) is 0 Å². The molecule has 1 amide bonds. The number of piperazine rings is 1. The quantitative estimate of drug-likeness (QED) is 0.862. The third-order valence-corrected chi connectivity index (χ3v) is 6.27. The van der Waals surface area contributed by atoms with Gasteiger partial charge in [0.05, 0.1) is 10.2 Å². The van der Waals surface area contributed by atoms with Gasteiger partial charge >= 0.3 is 0 Å². The lowest BCUT2D eigenvalue weighted by Gasteiger charge is -2.34. The molecule has 25 heavy (non-hydrogen) atoms. The van der Waals surface area contributed by atoms with Gasteiger partial charge in [0.15, 0.2) is 5.13 Å². The predicted molar refractivity (Wildman–Crippen MR) is 103 cm³/mol. The minimum atomic E-state index is 0.250. The lowest BCUT2D eigenvalue weighted by Crippen LogP contribution is -2.48. The summed E-state index contributed by atoms with van der Waals surface area (Å²) in [6, 6.07) is 6.49. The van der Waals surface area contributed by atoms with Crippen molar-refractivity contribution < 1.29 is 4.79 Å². The van der Waals surface area contributed by atoms with E-state index >= 15 is 0 Å². The van der Waals surface area contributed by atoms with Gasteiger partial charge in [0.1, 0.15) is 0 Å². The number of carbonyl (C=O) groups excluding carboxylic acids is 1. The van der Waals surface area contributed by atoms with Crippen LogP contribution >= 0.6 is 11.3 Å². The van der Waals surface area contributed by atoms with Crippen LogP contribution < -0.4 is 10.2 Å². The van der Waals surface area contributed by atoms with Crippen molar-refractivity contribution in [3.05, 3.63) is 23.8 Å². The van der Waals surface area contributed by atoms with Crippen LogP contribution in [-0.2, 0) is 11.2 Å². The zero-order valence-corrected chi connectivity index (χ0v) is 15.6. The number of thiazole rings is 1. The van der Waals surface area contributed by atoms with Crippen LogP contribution in [0, 0.1) is 5.92 Å². The molecule has 6 heteroatoms. The topological polar surface area (TPSA) is 48.5 Å². The Kier molecular flexibility index (Phi) is 4.90. The number of fused-ring (bicyclic) bond motifs is 1. The van der Waals surface area contributed by atoms with Crippen LogP contribution in [0.1, 0.15) is 25.3 Å². The number of aromatic nitrogens is 1. The summed E-state index contributed by atoms with van der Waals surface area (Å²) < 4.78 is 1.29. The lowest BCUT2D eigenvalue weighted by atomic mass is 10.1. The maximum atomic E-state index is 11.7. The Balaban J connectivity index is 1.30. The van der Waals surface area contributed by atoms with Crippen LogP contribution in [0.2, 0.25) is 0 Å². The van der Waals surface area contributed by atoms with Gasteiger partial charge in [0, 0.05) is 45.2 Å². The molecule has 0 spiro atoms. The van der Waals surface area contributed by atoms with Crippen molar-refractivity contribution in [2.45, 2.75) is 26.2 Å². The molecular weight excluding hydrogens is 332 g/mol. The molecule has 4 rings (SSSR count). The number of carbonyl (C=O) groups is 1. The summed E-state index contributed by atoms with van der Waals surface area (Å²) in [4.78, 5) is 21.4. The zero-order valence-electron chi connectivity index (χ0n) is 14.8. The third kappa shape index (κ3) is 3.80. The summed E-state index contributed by atoms with van der Waals surface area (Å²) in [5.74, 6) is 0.559. The zero-order chi connectivity index (χ0) is 17.2. The highest BCUT2D eigenvalue weighted by atomic mass is 32.1. The first-order valence-electron chi connectivity index (χ1n) is 9.38. The number of hydrogen-bond acceptors (Lipinski definition) is 5. The van der Waals surface area contributed by atoms with E-state index in [1.807, 2.05) is 0 Å². The number of rotatable bonds is 6. The summed E-state index contributed by atoms with van der Waals surface area (Å²) >= 11 is 1.81. The molecule has 0 bridgehead atoms. The van der Waals surface area contributed by atoms with Gasteiger partial charge in [-0.2, -0.15) is 0 Å². The fraction of sp³-hybridized carbons (Fsp3) is 0.579. The predicted octanol–water partition coefficient (Wildman–Crippen LogP) is 2.51. The molecule has 1 saturated heterocycles. The van der Waals surface area contributed by atoms with E-state index in [2.05, 4.69) is 40.2 Å². The molecule has 2 heterocycles. The molecular formula is C19H26N4OS. The fourth-order valence-corrected chi connectivity index (χ4v) is 4.47. The monoisotopic (exact) mass is 358 g/mol. The molecule has 1 aliphatic carbocycles. The van der Waals surface area contributed by atoms with E-state index in [0.717, 1.165) is 63.7 Å². The Hall–Kier alpha value is -1.66. The molecule has 2 fully saturated rings. The van der Waals surface area contributed by atoms with Gasteiger partial charge in [-0.3, -0.25) is 9.69 Å². The van der Waals surface area contributed by atoms with E-state index in [-0.39, 0.29) is 5.91 Å². The minimum absolute atomic E-state index is 0.250. The molecule has 2 aromatic rings. The number of aryl methyl sites for hydroxylation is 1. The van der Waals surface area contributed by atoms with E-state index in [9.17, 15) is 4.79 Å². The average Bonchev–Trinajstić information content (AvgIpc) is 3.40. The van der Waals surface area contributed by atoms with Crippen molar-refractivity contribution in [3.8, 4) is 0 Å². The Morgan fingerprint density at radius 2 is 2.08 bits per heavy atom. The van der Waals surface area contributed by atoms with Gasteiger partial charge in [-0.1, -0.05) is 30.4 Å². The number of hydrogen-bond donors (Lipinski definition) is 1. The van der Waals surface area contributed by atoms with Gasteiger partial charge in [-0.05, 0) is 30.9 Å². The summed E-state index contributed by atoms with van der Waals surface area (Å²) in [6.45, 7) is 8.01. The summed E-state index contributed by atoms with van der Waals surface area (Å²) in [5.41, 5.74) is 2.51. The van der Waals surface area contributed by atoms with Crippen LogP contribution in [-0.4, -0.2) is 55.1 Å². The summed E-state index contributed by atoms with van der Waals surface area (Å²) in [7, 11) is 0. The molecule has 1 N–H and O–H groups in total. The molecule has 134 valence electrons. The number of para-hydroxylation sites is 1. The maximum absolute atomic E-state index is 11.7. The lowest BCUT2D eigenvalue weighted by molar-refractivity contribution is -0.122. The smallest absolute Gasteiger partial charge is 0.223 e. The number of anilines is 1. The molecule has 5 nitrogen and oxygen atoms in total. The van der Waals surface area contributed by atoms with E-state index < -0.39 is 0 Å². The Morgan fingerprint density at radius 3 is 2.80 bits per heavy atom. The largest absolute Gasteiger partial charge is 0.355 e. The number of amides is 1. The second-order valence-electron chi connectivity index (χ2n) is 7.01. The highest BCUT2D eigenvalue weighted by molar-refractivity contribution is 7.22. The van der Waals surface area contributed by atoms with Crippen LogP contribution in [0.5, 0.6) is 0 Å². The first-order chi connectivity index (χ1) is 12.2. The standard InChI is InChI=1S/C19H26N4OS/c1-2-14-4-3-5-16-17(14)21-19(25-16)23-12-10-22(11-13-23)9-8-20-18(24)15-6-7-15/h3-5,15H,2,6-13H2,1H3,(H,20,24). The normalized spacial score (nSPS) is 18.7. The second-order valence-corrected chi connectivity index (χ2v) is 8.02. The molecule has 1 aromatic carbocycles. The van der Waals surface area contributed by atoms with Crippen molar-refractivity contribution in [2.75, 3.05) is 44.2 Å². The SMILES string of the molecule is CCc1cccc2sc(N3CCN(CCNC(=O)C4CC4)CC3)nc12. The van der Waals surface area contributed by atoms with Crippen LogP contribution in [0.25, 0.3) is 10.2 Å². The first kappa shape index (κ1) is 16.8. The van der Waals surface area contributed by atoms with Gasteiger partial charge in [0.2, 0.25) is 5.91 Å². The van der Waals surface area contributed by atoms with E-state index in [0.29, 0.717) is 5.92 Å². The highest BCUT2D eigenvalue weighted by Gasteiger charge is 2.29. The Morgan fingerprint density at radius 1 is 1.28 bits per heavy atom. The van der Waals surface area contributed by atoms with Crippen molar-refractivity contribution in [3.63, 3.8) is 0 Å². The molecule has 0 radical (unpaired) electrons. The highest BCUT2D eigenvalue weighted by Crippen LogP contribution is 2.31. The van der Waals surface area contributed by atoms with Crippen molar-refractivity contribution in [1.82, 2.24) is 15.2 Å². The minimum Gasteiger partial charge on any atom is -0.355 e. The second kappa shape index (κ2) is 7.30. The van der Waals surface area contributed by atoms with Crippen LogP contribution in [0.4, 0.5) is 5.13 Å². The molecule has 0 unspecified atom stereocenters. The first-order valence-corrected chi connectivity index (χ1v) is 10.2. The average molecular weight is 359 g/mol. The molecule has 1 aromatic heterocycles. The third-order valence-electron chi connectivity index (χ3n) is 5.19. The molecule has 1 aliphatic heterocycles. The van der Waals surface area contributed by atoms with Gasteiger partial charge < -0.3 is 10.2 Å². The summed E-state index contributed by atoms with van der Waals surface area (Å²) in [6.07, 6.45) is 3.18. The van der Waals surface area contributed by atoms with E-state index in [1.165, 1.54) is 15.8 Å². The van der Waals surface area contributed by atoms with Gasteiger partial charge in [-0.15, -0.1) is 0 Å². The van der Waals surface area contributed by atoms with Crippen molar-refractivity contribution in [2.24, 2.45) is 5.92 Å². The van der Waals surface area contributed by atoms with Crippen molar-refractivity contribution >= 4 is 32.6 Å². The van der Waals surface area contributed by atoms with E-state index in [4.69, 9.17) is 4.98 Å². The number of benzene rings is 1. The Bertz CT molecular complexity index is 747. The van der Waals surface area contributed by atoms with Crippen LogP contribution in [0.3, 0.4) is 0 Å². The molecule has 1 saturated carbocycles. The van der Waals surface area contributed by atoms with Crippen molar-refractivity contribution in [1.29, 1.82) is 0 Å². The Labute approximate surface area is 153 Å². The van der Waals surface area contributed by atoms with Gasteiger partial charge in [-0.25, -0.2) is 4.98 Å². The fourth-order valence-electron chi connectivity index (χ4n) is 3.40. The molecule has 0 atom stereocenters. The molecule has 2 aliphatic rings.